The van der Waals surface area contributed by atoms with Crippen LogP contribution >= 0.6 is 0 Å². The van der Waals surface area contributed by atoms with Gasteiger partial charge in [-0.05, 0) is 57.6 Å². The van der Waals surface area contributed by atoms with E-state index in [1.165, 1.54) is 0 Å². The summed E-state index contributed by atoms with van der Waals surface area (Å²) in [6.45, 7) is 0.710. The van der Waals surface area contributed by atoms with Crippen LogP contribution in [-0.2, 0) is 53.7 Å². The first-order valence-electron chi connectivity index (χ1n) is 18.9. The van der Waals surface area contributed by atoms with Gasteiger partial charge in [0.05, 0.1) is 32.5 Å². The van der Waals surface area contributed by atoms with Crippen LogP contribution in [0.1, 0.15) is 33.4 Å². The summed E-state index contributed by atoms with van der Waals surface area (Å²) in [6.07, 6.45) is -5.50. The number of benzene rings is 6. The Labute approximate surface area is 329 Å². The molecule has 56 heavy (non-hydrogen) atoms. The average Bonchev–Trinajstić information content (AvgIpc) is 3.26. The van der Waals surface area contributed by atoms with Crippen LogP contribution in [0.2, 0.25) is 0 Å². The third-order valence-corrected chi connectivity index (χ3v) is 9.40. The van der Waals surface area contributed by atoms with E-state index in [0.29, 0.717) is 31.1 Å². The number of hydrogen-bond donors (Lipinski definition) is 3. The topological polar surface area (TPSA) is 107 Å². The molecule has 0 aliphatic carbocycles. The van der Waals surface area contributed by atoms with Crippen LogP contribution in [0.25, 0.3) is 0 Å². The van der Waals surface area contributed by atoms with Gasteiger partial charge < -0.3 is 39.0 Å². The third-order valence-electron chi connectivity index (χ3n) is 9.40. The molecule has 0 amide bonds. The fraction of sp³-hybridized carbons (Fsp3) is 0.250. The van der Waals surface area contributed by atoms with Crippen LogP contribution in [0, 0.1) is 0 Å². The fourth-order valence-electron chi connectivity index (χ4n) is 6.32. The van der Waals surface area contributed by atoms with Gasteiger partial charge in [-0.3, -0.25) is 0 Å². The van der Waals surface area contributed by atoms with Crippen LogP contribution in [0.15, 0.2) is 170 Å². The maximum Gasteiger partial charge on any atom is 0.120 e. The molecule has 0 aliphatic heterocycles. The van der Waals surface area contributed by atoms with Crippen molar-refractivity contribution in [2.45, 2.75) is 70.0 Å². The highest BCUT2D eigenvalue weighted by atomic mass is 16.6. The molecule has 0 saturated heterocycles. The molecule has 0 aromatic heterocycles. The largest absolute Gasteiger partial charge is 0.489 e. The molecular weight excluding hydrogens is 705 g/mol. The third kappa shape index (κ3) is 12.6. The predicted molar refractivity (Wildman–Crippen MR) is 216 cm³/mol. The van der Waals surface area contributed by atoms with Gasteiger partial charge in [-0.1, -0.05) is 146 Å². The summed E-state index contributed by atoms with van der Waals surface area (Å²) in [5, 5.41) is 34.2. The monoisotopic (exact) mass is 754 g/mol. The van der Waals surface area contributed by atoms with E-state index in [4.69, 9.17) is 23.7 Å². The van der Waals surface area contributed by atoms with E-state index in [0.717, 1.165) is 33.4 Å². The summed E-state index contributed by atoms with van der Waals surface area (Å²) in [4.78, 5) is 0. The Morgan fingerprint density at radius 3 is 1.25 bits per heavy atom. The molecule has 0 spiro atoms. The molecule has 6 aromatic rings. The summed E-state index contributed by atoms with van der Waals surface area (Å²) in [5.74, 6) is 1.34. The van der Waals surface area contributed by atoms with Gasteiger partial charge in [-0.25, -0.2) is 0 Å². The average molecular weight is 755 g/mol. The lowest BCUT2D eigenvalue weighted by Crippen LogP contribution is -2.52. The zero-order valence-electron chi connectivity index (χ0n) is 31.4. The van der Waals surface area contributed by atoms with Crippen LogP contribution in [0.4, 0.5) is 0 Å². The zero-order chi connectivity index (χ0) is 38.8. The molecule has 0 saturated carbocycles. The quantitative estimate of drug-likeness (QED) is 0.0644. The van der Waals surface area contributed by atoms with Crippen molar-refractivity contribution in [1.82, 2.24) is 0 Å². The minimum absolute atomic E-state index is 0.0663. The second-order valence-electron chi connectivity index (χ2n) is 13.7. The zero-order valence-corrected chi connectivity index (χ0v) is 31.4. The van der Waals surface area contributed by atoms with E-state index in [2.05, 4.69) is 0 Å². The minimum Gasteiger partial charge on any atom is -0.489 e. The van der Waals surface area contributed by atoms with Gasteiger partial charge in [0.1, 0.15) is 49.1 Å². The molecule has 6 aromatic carbocycles. The van der Waals surface area contributed by atoms with E-state index < -0.39 is 37.1 Å². The molecule has 0 bridgehead atoms. The molecule has 0 aliphatic rings. The Morgan fingerprint density at radius 1 is 0.375 bits per heavy atom. The highest BCUT2D eigenvalue weighted by molar-refractivity contribution is 5.30. The minimum atomic E-state index is -1.53. The van der Waals surface area contributed by atoms with Crippen LogP contribution in [-0.4, -0.2) is 52.4 Å². The predicted octanol–water partition coefficient (Wildman–Crippen LogP) is 7.86. The SMILES string of the molecule is OC[C@@H](OCc1cccc(OCc2ccccc2)c1)[C@@H](O)[C@H](O)[C@H](OCc1cccc(OCc2ccccc2)c1)C(Cc1ccccc1)OCc1ccccc1. The number of hydrogen-bond acceptors (Lipinski definition) is 8. The lowest BCUT2D eigenvalue weighted by molar-refractivity contribution is -0.184. The maximum atomic E-state index is 12.0. The first-order chi connectivity index (χ1) is 27.5. The lowest BCUT2D eigenvalue weighted by Gasteiger charge is -2.35. The van der Waals surface area contributed by atoms with E-state index >= 15 is 0 Å². The molecule has 1 unspecified atom stereocenters. The van der Waals surface area contributed by atoms with Crippen molar-refractivity contribution >= 4 is 0 Å². The number of aliphatic hydroxyl groups excluding tert-OH is 3. The van der Waals surface area contributed by atoms with Crippen molar-refractivity contribution in [2.24, 2.45) is 0 Å². The standard InChI is InChI=1S/C48H50O8/c49-30-45(55-34-40-23-13-25-42(27-40)52-31-37-17-7-2-8-18-37)46(50)47(51)48(44(29-36-15-5-1-6-16-36)54-33-39-21-11-4-12-22-39)56-35-41-24-14-26-43(28-41)53-32-38-19-9-3-10-20-38/h1-28,44-51H,29-35H2/t44?,45-,46-,47+,48-/m1/s1. The van der Waals surface area contributed by atoms with Crippen molar-refractivity contribution in [3.05, 3.63) is 203 Å². The van der Waals surface area contributed by atoms with Gasteiger partial charge in [-0.15, -0.1) is 0 Å². The van der Waals surface area contributed by atoms with Crippen molar-refractivity contribution in [3.63, 3.8) is 0 Å². The summed E-state index contributed by atoms with van der Waals surface area (Å²) in [6, 6.07) is 54.5. The van der Waals surface area contributed by atoms with E-state index in [1.807, 2.05) is 170 Å². The summed E-state index contributed by atoms with van der Waals surface area (Å²) in [5.41, 5.74) is 5.62. The summed E-state index contributed by atoms with van der Waals surface area (Å²) < 4.78 is 31.2. The molecule has 8 heteroatoms. The Balaban J connectivity index is 1.18. The van der Waals surface area contributed by atoms with Crippen LogP contribution in [0.5, 0.6) is 11.5 Å². The van der Waals surface area contributed by atoms with Crippen molar-refractivity contribution in [1.29, 1.82) is 0 Å². The maximum absolute atomic E-state index is 12.0. The van der Waals surface area contributed by atoms with Gasteiger partial charge in [0.15, 0.2) is 0 Å². The highest BCUT2D eigenvalue weighted by Gasteiger charge is 2.38. The normalized spacial score (nSPS) is 14.0. The molecule has 0 radical (unpaired) electrons. The van der Waals surface area contributed by atoms with Crippen LogP contribution < -0.4 is 9.47 Å². The number of ether oxygens (including phenoxy) is 5. The highest BCUT2D eigenvalue weighted by Crippen LogP contribution is 2.25. The van der Waals surface area contributed by atoms with Gasteiger partial charge in [0.2, 0.25) is 0 Å². The van der Waals surface area contributed by atoms with Gasteiger partial charge >= 0.3 is 0 Å². The van der Waals surface area contributed by atoms with Crippen molar-refractivity contribution in [2.75, 3.05) is 6.61 Å². The second-order valence-corrected chi connectivity index (χ2v) is 13.7. The first kappa shape index (κ1) is 40.3. The summed E-state index contributed by atoms with van der Waals surface area (Å²) in [7, 11) is 0. The molecule has 3 N–H and O–H groups in total. The molecule has 0 fully saturated rings. The number of aliphatic hydroxyl groups is 3. The van der Waals surface area contributed by atoms with Gasteiger partial charge in [0.25, 0.3) is 0 Å². The molecule has 0 heterocycles. The molecule has 5 atom stereocenters. The Hall–Kier alpha value is -5.32. The molecule has 290 valence electrons. The van der Waals surface area contributed by atoms with Crippen molar-refractivity contribution in [3.8, 4) is 11.5 Å². The molecule has 8 nitrogen and oxygen atoms in total. The van der Waals surface area contributed by atoms with E-state index in [1.54, 1.807) is 0 Å². The first-order valence-corrected chi connectivity index (χ1v) is 18.9. The number of rotatable bonds is 22. The fourth-order valence-corrected chi connectivity index (χ4v) is 6.32. The molecular formula is C48H50O8. The summed E-state index contributed by atoms with van der Waals surface area (Å²) >= 11 is 0. The van der Waals surface area contributed by atoms with Crippen molar-refractivity contribution < 1.29 is 39.0 Å². The lowest BCUT2D eigenvalue weighted by atomic mass is 9.94. The van der Waals surface area contributed by atoms with Gasteiger partial charge in [-0.2, -0.15) is 0 Å². The molecule has 6 rings (SSSR count). The van der Waals surface area contributed by atoms with E-state index in [-0.39, 0.29) is 19.8 Å². The van der Waals surface area contributed by atoms with Crippen LogP contribution in [0.3, 0.4) is 0 Å². The van der Waals surface area contributed by atoms with E-state index in [9.17, 15) is 15.3 Å². The Morgan fingerprint density at radius 2 is 0.768 bits per heavy atom. The second kappa shape index (κ2) is 21.7. The smallest absolute Gasteiger partial charge is 0.120 e. The van der Waals surface area contributed by atoms with Gasteiger partial charge in [0, 0.05) is 6.42 Å². The Bertz CT molecular complexity index is 1980. The Kier molecular flexibility index (Phi) is 15.6.